The van der Waals surface area contributed by atoms with Crippen LogP contribution in [-0.2, 0) is 9.53 Å². The maximum atomic E-state index is 12.5. The van der Waals surface area contributed by atoms with Crippen molar-refractivity contribution in [3.63, 3.8) is 0 Å². The minimum atomic E-state index is -0.693. The minimum absolute atomic E-state index is 0.0483. The quantitative estimate of drug-likeness (QED) is 0.561. The van der Waals surface area contributed by atoms with Gasteiger partial charge < -0.3 is 15.2 Å². The number of carbonyl (C=O) groups excluding carboxylic acids is 2. The Morgan fingerprint density at radius 3 is 2.43 bits per heavy atom. The Kier molecular flexibility index (Phi) is 7.05. The SMILES string of the molecule is CCOC(=O)CC(NCC(C)O)C(=O)c1ccc(C)cc1. The highest BCUT2D eigenvalue weighted by atomic mass is 16.5. The van der Waals surface area contributed by atoms with E-state index in [4.69, 9.17) is 4.74 Å². The monoisotopic (exact) mass is 293 g/mol. The predicted molar refractivity (Wildman–Crippen MR) is 80.2 cm³/mol. The molecule has 0 aliphatic rings. The third-order valence-corrected chi connectivity index (χ3v) is 2.99. The summed E-state index contributed by atoms with van der Waals surface area (Å²) in [4.78, 5) is 24.1. The first-order valence-corrected chi connectivity index (χ1v) is 7.12. The van der Waals surface area contributed by atoms with Gasteiger partial charge in [0.2, 0.25) is 0 Å². The van der Waals surface area contributed by atoms with Crippen LogP contribution in [0.2, 0.25) is 0 Å². The van der Waals surface area contributed by atoms with Gasteiger partial charge in [-0.3, -0.25) is 9.59 Å². The van der Waals surface area contributed by atoms with Crippen molar-refractivity contribution in [2.24, 2.45) is 0 Å². The van der Waals surface area contributed by atoms with Crippen molar-refractivity contribution in [2.45, 2.75) is 39.3 Å². The van der Waals surface area contributed by atoms with Crippen LogP contribution in [-0.4, -0.2) is 42.2 Å². The van der Waals surface area contributed by atoms with Gasteiger partial charge in [0.05, 0.1) is 25.2 Å². The van der Waals surface area contributed by atoms with Crippen molar-refractivity contribution in [1.29, 1.82) is 0 Å². The van der Waals surface area contributed by atoms with E-state index in [2.05, 4.69) is 5.32 Å². The van der Waals surface area contributed by atoms with Crippen LogP contribution < -0.4 is 5.32 Å². The molecule has 21 heavy (non-hydrogen) atoms. The zero-order chi connectivity index (χ0) is 15.8. The summed E-state index contributed by atoms with van der Waals surface area (Å²) in [6.45, 7) is 5.79. The molecule has 0 spiro atoms. The summed E-state index contributed by atoms with van der Waals surface area (Å²) in [6.07, 6.45) is -0.645. The van der Waals surface area contributed by atoms with Gasteiger partial charge >= 0.3 is 5.97 Å². The second kappa shape index (κ2) is 8.54. The van der Waals surface area contributed by atoms with Crippen LogP contribution in [0.1, 0.15) is 36.2 Å². The lowest BCUT2D eigenvalue weighted by Gasteiger charge is -2.18. The van der Waals surface area contributed by atoms with Crippen LogP contribution in [0.4, 0.5) is 0 Å². The van der Waals surface area contributed by atoms with Crippen molar-refractivity contribution in [3.8, 4) is 0 Å². The maximum absolute atomic E-state index is 12.5. The molecule has 1 aromatic carbocycles. The molecule has 0 amide bonds. The molecule has 116 valence electrons. The third kappa shape index (κ3) is 6.06. The third-order valence-electron chi connectivity index (χ3n) is 2.99. The van der Waals surface area contributed by atoms with E-state index in [1.807, 2.05) is 19.1 Å². The van der Waals surface area contributed by atoms with E-state index in [1.54, 1.807) is 26.0 Å². The van der Waals surface area contributed by atoms with Crippen molar-refractivity contribution < 1.29 is 19.4 Å². The number of Topliss-reactive ketones (excluding diaryl/α,β-unsaturated/α-hetero) is 1. The number of esters is 1. The van der Waals surface area contributed by atoms with Crippen LogP contribution in [0.15, 0.2) is 24.3 Å². The van der Waals surface area contributed by atoms with Gasteiger partial charge in [0, 0.05) is 12.1 Å². The van der Waals surface area contributed by atoms with E-state index in [0.29, 0.717) is 5.56 Å². The lowest BCUT2D eigenvalue weighted by Crippen LogP contribution is -2.42. The topological polar surface area (TPSA) is 75.6 Å². The van der Waals surface area contributed by atoms with Gasteiger partial charge in [-0.1, -0.05) is 29.8 Å². The standard InChI is InChI=1S/C16H23NO4/c1-4-21-15(19)9-14(17-10-12(3)18)16(20)13-7-5-11(2)6-8-13/h5-8,12,14,17-18H,4,9-10H2,1-3H3. The molecule has 0 fully saturated rings. The van der Waals surface area contributed by atoms with Crippen molar-refractivity contribution in [2.75, 3.05) is 13.2 Å². The molecule has 0 aliphatic heterocycles. The molecule has 2 N–H and O–H groups in total. The number of aliphatic hydroxyl groups excluding tert-OH is 1. The molecule has 1 rings (SSSR count). The first-order valence-electron chi connectivity index (χ1n) is 7.12. The highest BCUT2D eigenvalue weighted by Crippen LogP contribution is 2.09. The first-order chi connectivity index (χ1) is 9.93. The molecule has 5 nitrogen and oxygen atoms in total. The molecule has 1 aromatic rings. The second-order valence-corrected chi connectivity index (χ2v) is 5.05. The molecule has 0 saturated heterocycles. The number of nitrogens with one attached hydrogen (secondary N) is 1. The predicted octanol–water partition coefficient (Wildman–Crippen LogP) is 1.47. The number of benzene rings is 1. The van der Waals surface area contributed by atoms with Gasteiger partial charge in [-0.2, -0.15) is 0 Å². The zero-order valence-electron chi connectivity index (χ0n) is 12.8. The van der Waals surface area contributed by atoms with Crippen molar-refractivity contribution in [3.05, 3.63) is 35.4 Å². The summed E-state index contributed by atoms with van der Waals surface area (Å²) in [5.41, 5.74) is 1.60. The van der Waals surface area contributed by atoms with Gasteiger partial charge in [0.25, 0.3) is 0 Å². The molecule has 0 heterocycles. The van der Waals surface area contributed by atoms with Crippen molar-refractivity contribution >= 4 is 11.8 Å². The summed E-state index contributed by atoms with van der Waals surface area (Å²) in [5, 5.41) is 12.3. The largest absolute Gasteiger partial charge is 0.466 e. The molecule has 2 unspecified atom stereocenters. The lowest BCUT2D eigenvalue weighted by atomic mass is 10.0. The number of rotatable bonds is 8. The number of ether oxygens (including phenoxy) is 1. The van der Waals surface area contributed by atoms with Crippen molar-refractivity contribution in [1.82, 2.24) is 5.32 Å². The zero-order valence-corrected chi connectivity index (χ0v) is 12.8. The molecule has 0 radical (unpaired) electrons. The number of carbonyl (C=O) groups is 2. The summed E-state index contributed by atoms with van der Waals surface area (Å²) in [5.74, 6) is -0.607. The molecule has 0 saturated carbocycles. The average molecular weight is 293 g/mol. The number of aliphatic hydroxyl groups is 1. The Morgan fingerprint density at radius 2 is 1.90 bits per heavy atom. The van der Waals surface area contributed by atoms with E-state index < -0.39 is 18.1 Å². The highest BCUT2D eigenvalue weighted by Gasteiger charge is 2.23. The number of hydrogen-bond donors (Lipinski definition) is 2. The normalized spacial score (nSPS) is 13.5. The Balaban J connectivity index is 2.80. The van der Waals surface area contributed by atoms with Gasteiger partial charge in [-0.15, -0.1) is 0 Å². The van der Waals surface area contributed by atoms with Gasteiger partial charge in [-0.25, -0.2) is 0 Å². The molecule has 5 heteroatoms. The summed E-state index contributed by atoms with van der Waals surface area (Å²) < 4.78 is 4.89. The molecule has 2 atom stereocenters. The smallest absolute Gasteiger partial charge is 0.307 e. The fourth-order valence-electron chi connectivity index (χ4n) is 1.88. The van der Waals surface area contributed by atoms with E-state index in [0.717, 1.165) is 5.56 Å². The Bertz CT molecular complexity index is 468. The lowest BCUT2D eigenvalue weighted by molar-refractivity contribution is -0.143. The van der Waals surface area contributed by atoms with E-state index >= 15 is 0 Å². The summed E-state index contributed by atoms with van der Waals surface area (Å²) in [6, 6.07) is 6.48. The molecule has 0 aromatic heterocycles. The van der Waals surface area contributed by atoms with E-state index in [9.17, 15) is 14.7 Å². The van der Waals surface area contributed by atoms with Gasteiger partial charge in [0.1, 0.15) is 0 Å². The Morgan fingerprint density at radius 1 is 1.29 bits per heavy atom. The average Bonchev–Trinajstić information content (AvgIpc) is 2.43. The first kappa shape index (κ1) is 17.3. The van der Waals surface area contributed by atoms with Crippen LogP contribution in [0.25, 0.3) is 0 Å². The van der Waals surface area contributed by atoms with E-state index in [-0.39, 0.29) is 25.4 Å². The fraction of sp³-hybridized carbons (Fsp3) is 0.500. The Labute approximate surface area is 125 Å². The fourth-order valence-corrected chi connectivity index (χ4v) is 1.88. The minimum Gasteiger partial charge on any atom is -0.466 e. The molecule has 0 aliphatic carbocycles. The second-order valence-electron chi connectivity index (χ2n) is 5.05. The van der Waals surface area contributed by atoms with Gasteiger partial charge in [-0.05, 0) is 20.8 Å². The van der Waals surface area contributed by atoms with Crippen LogP contribution >= 0.6 is 0 Å². The number of hydrogen-bond acceptors (Lipinski definition) is 5. The van der Waals surface area contributed by atoms with Crippen LogP contribution in [0.5, 0.6) is 0 Å². The molecular weight excluding hydrogens is 270 g/mol. The summed E-state index contributed by atoms with van der Waals surface area (Å²) >= 11 is 0. The number of aryl methyl sites for hydroxylation is 1. The number of ketones is 1. The van der Waals surface area contributed by atoms with Gasteiger partial charge in [0.15, 0.2) is 5.78 Å². The maximum Gasteiger partial charge on any atom is 0.307 e. The molecular formula is C16H23NO4. The Hall–Kier alpha value is -1.72. The van der Waals surface area contributed by atoms with Crippen LogP contribution in [0, 0.1) is 6.92 Å². The summed E-state index contributed by atoms with van der Waals surface area (Å²) in [7, 11) is 0. The highest BCUT2D eigenvalue weighted by molar-refractivity contribution is 6.01. The van der Waals surface area contributed by atoms with E-state index in [1.165, 1.54) is 0 Å². The van der Waals surface area contributed by atoms with Crippen LogP contribution in [0.3, 0.4) is 0 Å². The molecule has 0 bridgehead atoms.